The normalized spacial score (nSPS) is 26.5. The summed E-state index contributed by atoms with van der Waals surface area (Å²) in [5.74, 6) is -0.738. The summed E-state index contributed by atoms with van der Waals surface area (Å²) in [7, 11) is -5.97. The number of hydrogen-bond acceptors (Lipinski definition) is 5. The lowest BCUT2D eigenvalue weighted by Gasteiger charge is -2.55. The molecule has 9 heteroatoms. The Hall–Kier alpha value is -0.979. The van der Waals surface area contributed by atoms with E-state index in [-0.39, 0.29) is 17.7 Å². The van der Waals surface area contributed by atoms with Crippen molar-refractivity contribution in [3.63, 3.8) is 0 Å². The van der Waals surface area contributed by atoms with Crippen molar-refractivity contribution in [2.75, 3.05) is 6.61 Å². The lowest BCUT2D eigenvalue weighted by Crippen LogP contribution is -2.68. The van der Waals surface area contributed by atoms with E-state index in [1.165, 1.54) is 0 Å². The Labute approximate surface area is 244 Å². The van der Waals surface area contributed by atoms with Gasteiger partial charge in [-0.15, -0.1) is 0 Å². The number of aliphatic hydroxyl groups is 1. The summed E-state index contributed by atoms with van der Waals surface area (Å²) in [5, 5.41) is 13.3. The van der Waals surface area contributed by atoms with E-state index in [1.807, 2.05) is 37.3 Å². The summed E-state index contributed by atoms with van der Waals surface area (Å²) >= 11 is 6.71. The standard InChI is InChI=1S/C30H49ClO5Si3/c1-12-33-25-16-13-22(14-17-25)19-23-20-24(15-18-26(23)31)30(32)28(36-39(9,10)11)27(35-38(6,7)8)21(2)29(34-30)37(3,4)5/h13-18,20-21,27-29,32H,12,19H2,1-11H3/t21-,27-,28+,29+,30-/m0/s1. The van der Waals surface area contributed by atoms with Crippen LogP contribution in [0.3, 0.4) is 0 Å². The molecule has 0 aromatic heterocycles. The molecule has 5 atom stereocenters. The minimum Gasteiger partial charge on any atom is -0.494 e. The molecule has 0 amide bonds. The molecule has 1 saturated heterocycles. The zero-order valence-corrected chi connectivity index (χ0v) is 29.5. The molecule has 0 radical (unpaired) electrons. The molecule has 2 aromatic carbocycles. The number of halogens is 1. The quantitative estimate of drug-likeness (QED) is 0.279. The fourth-order valence-corrected chi connectivity index (χ4v) is 10.1. The second kappa shape index (κ2) is 12.1. The first-order valence-corrected chi connectivity index (χ1v) is 24.9. The molecule has 39 heavy (non-hydrogen) atoms. The molecular weight excluding hydrogens is 560 g/mol. The third-order valence-electron chi connectivity index (χ3n) is 6.90. The Bertz CT molecular complexity index is 1110. The highest BCUT2D eigenvalue weighted by atomic mass is 35.5. The topological polar surface area (TPSA) is 57.2 Å². The van der Waals surface area contributed by atoms with Crippen LogP contribution in [0.1, 0.15) is 30.5 Å². The molecule has 1 N–H and O–H groups in total. The van der Waals surface area contributed by atoms with Crippen LogP contribution in [0.15, 0.2) is 42.5 Å². The van der Waals surface area contributed by atoms with Crippen molar-refractivity contribution in [3.05, 3.63) is 64.2 Å². The second-order valence-electron chi connectivity index (χ2n) is 13.9. The van der Waals surface area contributed by atoms with Crippen molar-refractivity contribution in [1.29, 1.82) is 0 Å². The van der Waals surface area contributed by atoms with Crippen LogP contribution < -0.4 is 4.74 Å². The van der Waals surface area contributed by atoms with Gasteiger partial charge in [0.05, 0.1) is 26.5 Å². The number of benzene rings is 2. The largest absolute Gasteiger partial charge is 0.494 e. The van der Waals surface area contributed by atoms with E-state index in [4.69, 9.17) is 29.9 Å². The Balaban J connectivity index is 2.11. The smallest absolute Gasteiger partial charge is 0.220 e. The van der Waals surface area contributed by atoms with Crippen LogP contribution in [-0.4, -0.2) is 54.4 Å². The highest BCUT2D eigenvalue weighted by molar-refractivity contribution is 6.77. The van der Waals surface area contributed by atoms with E-state index in [0.29, 0.717) is 23.6 Å². The second-order valence-corrected chi connectivity index (χ2v) is 28.5. The maximum Gasteiger partial charge on any atom is 0.220 e. The van der Waals surface area contributed by atoms with Crippen molar-refractivity contribution >= 4 is 36.3 Å². The molecule has 0 spiro atoms. The van der Waals surface area contributed by atoms with Gasteiger partial charge in [-0.05, 0) is 88.0 Å². The molecule has 1 fully saturated rings. The molecule has 0 unspecified atom stereocenters. The lowest BCUT2D eigenvalue weighted by atomic mass is 9.86. The average Bonchev–Trinajstić information content (AvgIpc) is 2.79. The number of hydrogen-bond donors (Lipinski definition) is 1. The van der Waals surface area contributed by atoms with Crippen LogP contribution in [0.25, 0.3) is 0 Å². The molecule has 0 saturated carbocycles. The molecule has 1 aliphatic heterocycles. The molecule has 218 valence electrons. The van der Waals surface area contributed by atoms with E-state index in [0.717, 1.165) is 16.9 Å². The minimum absolute atomic E-state index is 0.0839. The summed E-state index contributed by atoms with van der Waals surface area (Å²) in [6, 6.07) is 13.8. The Kier molecular flexibility index (Phi) is 10.1. The fourth-order valence-electron chi connectivity index (χ4n) is 5.36. The summed E-state index contributed by atoms with van der Waals surface area (Å²) in [6.07, 6.45) is -0.320. The van der Waals surface area contributed by atoms with E-state index >= 15 is 0 Å². The summed E-state index contributed by atoms with van der Waals surface area (Å²) in [5.41, 5.74) is 2.58. The molecule has 1 aliphatic rings. The highest BCUT2D eigenvalue weighted by Gasteiger charge is 2.58. The predicted molar refractivity (Wildman–Crippen MR) is 170 cm³/mol. The average molecular weight is 609 g/mol. The number of rotatable bonds is 10. The van der Waals surface area contributed by atoms with Gasteiger partial charge in [0, 0.05) is 16.5 Å². The number of ether oxygens (including phenoxy) is 2. The molecule has 3 rings (SSSR count). The maximum atomic E-state index is 12.6. The zero-order chi connectivity index (χ0) is 29.4. The molecular formula is C30H49ClO5Si3. The monoisotopic (exact) mass is 608 g/mol. The highest BCUT2D eigenvalue weighted by Crippen LogP contribution is 2.46. The summed E-state index contributed by atoms with van der Waals surface area (Å²) in [4.78, 5) is 0. The molecule has 0 aliphatic carbocycles. The van der Waals surface area contributed by atoms with Gasteiger partial charge in [-0.1, -0.05) is 56.4 Å². The van der Waals surface area contributed by atoms with Gasteiger partial charge in [0.25, 0.3) is 0 Å². The van der Waals surface area contributed by atoms with Gasteiger partial charge in [0.2, 0.25) is 5.79 Å². The summed E-state index contributed by atoms with van der Waals surface area (Å²) in [6.45, 7) is 24.7. The van der Waals surface area contributed by atoms with Crippen molar-refractivity contribution in [2.45, 2.75) is 103 Å². The van der Waals surface area contributed by atoms with Crippen molar-refractivity contribution in [3.8, 4) is 5.75 Å². The van der Waals surface area contributed by atoms with E-state index in [1.54, 1.807) is 0 Å². The predicted octanol–water partition coefficient (Wildman–Crippen LogP) is 7.83. The molecule has 5 nitrogen and oxygen atoms in total. The Morgan fingerprint density at radius 2 is 1.49 bits per heavy atom. The van der Waals surface area contributed by atoms with Crippen LogP contribution in [0, 0.1) is 5.92 Å². The van der Waals surface area contributed by atoms with E-state index < -0.39 is 36.6 Å². The van der Waals surface area contributed by atoms with Crippen LogP contribution in [0.5, 0.6) is 5.75 Å². The minimum atomic E-state index is -2.11. The van der Waals surface area contributed by atoms with E-state index in [9.17, 15) is 5.11 Å². The van der Waals surface area contributed by atoms with Crippen LogP contribution in [-0.2, 0) is 25.8 Å². The first-order chi connectivity index (χ1) is 17.8. The summed E-state index contributed by atoms with van der Waals surface area (Å²) < 4.78 is 26.1. The van der Waals surface area contributed by atoms with E-state index in [2.05, 4.69) is 78.0 Å². The lowest BCUT2D eigenvalue weighted by molar-refractivity contribution is -0.325. The van der Waals surface area contributed by atoms with Crippen LogP contribution >= 0.6 is 11.6 Å². The van der Waals surface area contributed by atoms with Crippen molar-refractivity contribution in [1.82, 2.24) is 0 Å². The zero-order valence-electron chi connectivity index (χ0n) is 25.7. The van der Waals surface area contributed by atoms with Gasteiger partial charge in [-0.25, -0.2) is 0 Å². The van der Waals surface area contributed by atoms with Gasteiger partial charge in [-0.2, -0.15) is 0 Å². The Morgan fingerprint density at radius 1 is 0.897 bits per heavy atom. The third kappa shape index (κ3) is 8.29. The van der Waals surface area contributed by atoms with Gasteiger partial charge in [-0.3, -0.25) is 0 Å². The fraction of sp³-hybridized carbons (Fsp3) is 0.600. The van der Waals surface area contributed by atoms with Gasteiger partial charge >= 0.3 is 0 Å². The van der Waals surface area contributed by atoms with Crippen LogP contribution in [0.4, 0.5) is 0 Å². The third-order valence-corrected chi connectivity index (χ3v) is 11.6. The molecule has 1 heterocycles. The van der Waals surface area contributed by atoms with Gasteiger partial charge < -0.3 is 23.4 Å². The van der Waals surface area contributed by atoms with Gasteiger partial charge in [0.1, 0.15) is 11.9 Å². The van der Waals surface area contributed by atoms with Crippen LogP contribution in [0.2, 0.25) is 63.9 Å². The van der Waals surface area contributed by atoms with Crippen molar-refractivity contribution in [2.24, 2.45) is 5.92 Å². The van der Waals surface area contributed by atoms with Gasteiger partial charge in [0.15, 0.2) is 16.6 Å². The maximum absolute atomic E-state index is 12.6. The van der Waals surface area contributed by atoms with Crippen molar-refractivity contribution < 1.29 is 23.4 Å². The first-order valence-electron chi connectivity index (χ1n) is 14.1. The first kappa shape index (κ1) is 32.5. The Morgan fingerprint density at radius 3 is 2.00 bits per heavy atom. The molecule has 0 bridgehead atoms. The molecule has 2 aromatic rings. The SMILES string of the molecule is CCOc1ccc(Cc2cc([C@]3(O)O[C@H]([Si](C)(C)C)[C@@H](C)[C@H](O[Si](C)(C)C)[C@H]3O[Si](C)(C)C)ccc2Cl)cc1.